The van der Waals surface area contributed by atoms with Crippen molar-refractivity contribution in [2.75, 3.05) is 27.3 Å². The molecule has 0 bridgehead atoms. The Morgan fingerprint density at radius 3 is 2.36 bits per heavy atom. The van der Waals surface area contributed by atoms with Crippen LogP contribution in [0.25, 0.3) is 0 Å². The quantitative estimate of drug-likeness (QED) is 0.442. The van der Waals surface area contributed by atoms with Crippen LogP contribution < -0.4 is 14.2 Å². The molecule has 1 aromatic heterocycles. The fourth-order valence-corrected chi connectivity index (χ4v) is 5.07. The van der Waals surface area contributed by atoms with Crippen molar-refractivity contribution < 1.29 is 22.7 Å². The lowest BCUT2D eigenvalue weighted by molar-refractivity contribution is 0.0752. The van der Waals surface area contributed by atoms with Crippen LogP contribution in [0.3, 0.4) is 0 Å². The number of hydrogen-bond acceptors (Lipinski definition) is 6. The molecule has 1 heterocycles. The molecule has 176 valence electrons. The summed E-state index contributed by atoms with van der Waals surface area (Å²) in [7, 11) is -0.502. The van der Waals surface area contributed by atoms with Crippen LogP contribution >= 0.6 is 11.3 Å². The average molecular weight is 489 g/mol. The van der Waals surface area contributed by atoms with Crippen LogP contribution in [-0.4, -0.2) is 46.5 Å². The molecule has 1 amide bonds. The standard InChI is InChI=1S/C24H28N2O5S2/c1-4-26(17-18-7-12-22(30-2)23(16-18)31-3)24(27)19-8-10-21(11-9-19)33(28,29)25-14-13-20-6-5-15-32-20/h5-12,15-16,25H,4,13-14,17H2,1-3H3. The van der Waals surface area contributed by atoms with Gasteiger partial charge in [0.2, 0.25) is 10.0 Å². The second-order valence-corrected chi connectivity index (χ2v) is 10.1. The molecule has 0 saturated heterocycles. The Kier molecular flexibility index (Phi) is 8.49. The van der Waals surface area contributed by atoms with Gasteiger partial charge in [-0.25, -0.2) is 13.1 Å². The fraction of sp³-hybridized carbons (Fsp3) is 0.292. The third-order valence-electron chi connectivity index (χ3n) is 5.15. The number of ether oxygens (including phenoxy) is 2. The summed E-state index contributed by atoms with van der Waals surface area (Å²) in [6, 6.07) is 15.5. The maximum Gasteiger partial charge on any atom is 0.254 e. The molecule has 0 atom stereocenters. The number of benzene rings is 2. The first kappa shape index (κ1) is 24.8. The highest BCUT2D eigenvalue weighted by atomic mass is 32.2. The van der Waals surface area contributed by atoms with E-state index in [0.29, 0.717) is 43.1 Å². The lowest BCUT2D eigenvalue weighted by Gasteiger charge is -2.22. The number of sulfonamides is 1. The Morgan fingerprint density at radius 1 is 1.03 bits per heavy atom. The van der Waals surface area contributed by atoms with E-state index in [9.17, 15) is 13.2 Å². The minimum atomic E-state index is -3.64. The molecule has 0 spiro atoms. The normalized spacial score (nSPS) is 11.2. The van der Waals surface area contributed by atoms with Gasteiger partial charge in [-0.2, -0.15) is 0 Å². The monoisotopic (exact) mass is 488 g/mol. The number of rotatable bonds is 11. The van der Waals surface area contributed by atoms with Crippen LogP contribution in [-0.2, 0) is 23.0 Å². The van der Waals surface area contributed by atoms with Gasteiger partial charge in [-0.15, -0.1) is 11.3 Å². The second kappa shape index (κ2) is 11.3. The predicted molar refractivity (Wildman–Crippen MR) is 130 cm³/mol. The van der Waals surface area contributed by atoms with E-state index in [-0.39, 0.29) is 10.8 Å². The van der Waals surface area contributed by atoms with E-state index in [1.165, 1.54) is 12.1 Å². The summed E-state index contributed by atoms with van der Waals surface area (Å²) in [6.45, 7) is 3.10. The first-order chi connectivity index (χ1) is 15.9. The summed E-state index contributed by atoms with van der Waals surface area (Å²) in [4.78, 5) is 16.0. The van der Waals surface area contributed by atoms with Crippen LogP contribution in [0, 0.1) is 0 Å². The van der Waals surface area contributed by atoms with E-state index >= 15 is 0 Å². The smallest absolute Gasteiger partial charge is 0.254 e. The molecule has 9 heteroatoms. The van der Waals surface area contributed by atoms with Crippen molar-refractivity contribution in [1.82, 2.24) is 9.62 Å². The maximum absolute atomic E-state index is 13.0. The molecule has 33 heavy (non-hydrogen) atoms. The zero-order valence-corrected chi connectivity index (χ0v) is 20.5. The van der Waals surface area contributed by atoms with Gasteiger partial charge in [0.1, 0.15) is 0 Å². The number of amides is 1. The number of nitrogens with one attached hydrogen (secondary N) is 1. The molecule has 0 saturated carbocycles. The largest absolute Gasteiger partial charge is 0.493 e. The van der Waals surface area contributed by atoms with Gasteiger partial charge >= 0.3 is 0 Å². The van der Waals surface area contributed by atoms with Crippen LogP contribution in [0.5, 0.6) is 11.5 Å². The SMILES string of the molecule is CCN(Cc1ccc(OC)c(OC)c1)C(=O)c1ccc(S(=O)(=O)NCCc2cccs2)cc1. The lowest BCUT2D eigenvalue weighted by atomic mass is 10.1. The topological polar surface area (TPSA) is 84.9 Å². The molecule has 0 fully saturated rings. The van der Waals surface area contributed by atoms with Crippen LogP contribution in [0.1, 0.15) is 27.7 Å². The van der Waals surface area contributed by atoms with Crippen LogP contribution in [0.2, 0.25) is 0 Å². The average Bonchev–Trinajstić information content (AvgIpc) is 3.35. The number of nitrogens with zero attached hydrogens (tertiary/aromatic N) is 1. The zero-order valence-electron chi connectivity index (χ0n) is 18.9. The van der Waals surface area contributed by atoms with Gasteiger partial charge < -0.3 is 14.4 Å². The maximum atomic E-state index is 13.0. The van der Waals surface area contributed by atoms with Gasteiger partial charge in [0.25, 0.3) is 5.91 Å². The first-order valence-electron chi connectivity index (χ1n) is 10.5. The molecular weight excluding hydrogens is 460 g/mol. The van der Waals surface area contributed by atoms with Gasteiger partial charge in [0, 0.05) is 30.1 Å². The Morgan fingerprint density at radius 2 is 1.76 bits per heavy atom. The van der Waals surface area contributed by atoms with E-state index in [0.717, 1.165) is 10.4 Å². The third kappa shape index (κ3) is 6.34. The molecular formula is C24H28N2O5S2. The van der Waals surface area contributed by atoms with E-state index < -0.39 is 10.0 Å². The molecule has 1 N–H and O–H groups in total. The Labute approximate surface area is 199 Å². The molecule has 0 aliphatic heterocycles. The summed E-state index contributed by atoms with van der Waals surface area (Å²) < 4.78 is 38.3. The third-order valence-corrected chi connectivity index (χ3v) is 7.56. The van der Waals surface area contributed by atoms with E-state index in [4.69, 9.17) is 9.47 Å². The highest BCUT2D eigenvalue weighted by Crippen LogP contribution is 2.28. The highest BCUT2D eigenvalue weighted by molar-refractivity contribution is 7.89. The molecule has 0 radical (unpaired) electrons. The van der Waals surface area contributed by atoms with Crippen LogP contribution in [0.4, 0.5) is 0 Å². The Bertz CT molecular complexity index is 1160. The van der Waals surface area contributed by atoms with E-state index in [1.807, 2.05) is 36.6 Å². The number of thiophene rings is 1. The van der Waals surface area contributed by atoms with Crippen molar-refractivity contribution in [3.63, 3.8) is 0 Å². The van der Waals surface area contributed by atoms with Gasteiger partial charge in [-0.1, -0.05) is 12.1 Å². The number of hydrogen-bond donors (Lipinski definition) is 1. The number of methoxy groups -OCH3 is 2. The summed E-state index contributed by atoms with van der Waals surface area (Å²) in [5, 5.41) is 1.96. The van der Waals surface area contributed by atoms with Crippen molar-refractivity contribution in [2.24, 2.45) is 0 Å². The van der Waals surface area contributed by atoms with Gasteiger partial charge in [0.15, 0.2) is 11.5 Å². The lowest BCUT2D eigenvalue weighted by Crippen LogP contribution is -2.30. The molecule has 3 aromatic rings. The zero-order chi connectivity index (χ0) is 23.8. The fourth-order valence-electron chi connectivity index (χ4n) is 3.33. The molecule has 0 unspecified atom stereocenters. The minimum absolute atomic E-state index is 0.133. The summed E-state index contributed by atoms with van der Waals surface area (Å²) in [5.41, 5.74) is 1.33. The number of carbonyl (C=O) groups is 1. The minimum Gasteiger partial charge on any atom is -0.493 e. The first-order valence-corrected chi connectivity index (χ1v) is 12.9. The van der Waals surface area contributed by atoms with Gasteiger partial charge in [0.05, 0.1) is 19.1 Å². The van der Waals surface area contributed by atoms with Crippen molar-refractivity contribution in [2.45, 2.75) is 24.8 Å². The van der Waals surface area contributed by atoms with E-state index in [1.54, 1.807) is 48.7 Å². The van der Waals surface area contributed by atoms with E-state index in [2.05, 4.69) is 4.72 Å². The molecule has 0 aliphatic carbocycles. The highest BCUT2D eigenvalue weighted by Gasteiger charge is 2.18. The molecule has 2 aromatic carbocycles. The van der Waals surface area contributed by atoms with Crippen LogP contribution in [0.15, 0.2) is 64.9 Å². The number of carbonyl (C=O) groups excluding carboxylic acids is 1. The van der Waals surface area contributed by atoms with Gasteiger partial charge in [-0.05, 0) is 66.8 Å². The van der Waals surface area contributed by atoms with Crippen molar-refractivity contribution in [3.8, 4) is 11.5 Å². The molecule has 7 nitrogen and oxygen atoms in total. The van der Waals surface area contributed by atoms with Gasteiger partial charge in [-0.3, -0.25) is 4.79 Å². The Hall–Kier alpha value is -2.88. The summed E-state index contributed by atoms with van der Waals surface area (Å²) >= 11 is 1.59. The second-order valence-electron chi connectivity index (χ2n) is 7.26. The molecule has 0 aliphatic rings. The van der Waals surface area contributed by atoms with Crippen molar-refractivity contribution >= 4 is 27.3 Å². The Balaban J connectivity index is 1.66. The summed E-state index contributed by atoms with van der Waals surface area (Å²) in [6.07, 6.45) is 0.634. The molecule has 3 rings (SSSR count). The predicted octanol–water partition coefficient (Wildman–Crippen LogP) is 3.95. The van der Waals surface area contributed by atoms with Crippen molar-refractivity contribution in [3.05, 3.63) is 76.0 Å². The van der Waals surface area contributed by atoms with Crippen molar-refractivity contribution in [1.29, 1.82) is 0 Å². The summed E-state index contributed by atoms with van der Waals surface area (Å²) in [5.74, 6) is 1.04.